The van der Waals surface area contributed by atoms with Crippen molar-refractivity contribution in [1.82, 2.24) is 9.88 Å². The number of methoxy groups -OCH3 is 1. The molecular weight excluding hydrogens is 356 g/mol. The molecule has 1 aliphatic heterocycles. The maximum absolute atomic E-state index is 12.8. The first kappa shape index (κ1) is 15.3. The molecule has 6 nitrogen and oxygen atoms in total. The average Bonchev–Trinajstić information content (AvgIpc) is 3.31. The Labute approximate surface area is 158 Å². The molecule has 0 atom stereocenters. The molecule has 28 heavy (non-hydrogen) atoms. The first-order valence-corrected chi connectivity index (χ1v) is 8.89. The minimum absolute atomic E-state index is 0.369. The fraction of sp³-hybridized carbons (Fsp3) is 0.0909. The SMILES string of the molecule is COc1ccc2c(c1)oc1c2c2c(c3c4ccccc4n(C)c13)C(=O)NC2=O. The van der Waals surface area contributed by atoms with Gasteiger partial charge in [0, 0.05) is 40.2 Å². The van der Waals surface area contributed by atoms with E-state index in [-0.39, 0.29) is 5.91 Å². The number of carbonyl (C=O) groups is 2. The molecule has 1 aliphatic rings. The van der Waals surface area contributed by atoms with Crippen LogP contribution in [-0.2, 0) is 7.05 Å². The Hall–Kier alpha value is -3.80. The largest absolute Gasteiger partial charge is 0.497 e. The number of carbonyl (C=O) groups excluding carboxylic acids is 2. The summed E-state index contributed by atoms with van der Waals surface area (Å²) < 4.78 is 13.6. The second-order valence-corrected chi connectivity index (χ2v) is 7.00. The standard InChI is InChI=1S/C22H14N2O4/c1-24-13-6-4-3-5-11(13)15-17-18(22(26)23-21(17)25)16-12-8-7-10(27-2)9-14(12)28-20(16)19(15)24/h3-9H,1-2H3,(H,23,25,26). The quantitative estimate of drug-likeness (QED) is 0.451. The van der Waals surface area contributed by atoms with E-state index in [2.05, 4.69) is 5.32 Å². The number of imide groups is 1. The summed E-state index contributed by atoms with van der Waals surface area (Å²) in [6, 6.07) is 13.3. The van der Waals surface area contributed by atoms with Crippen molar-refractivity contribution in [2.24, 2.45) is 7.05 Å². The van der Waals surface area contributed by atoms with Crippen LogP contribution >= 0.6 is 0 Å². The smallest absolute Gasteiger partial charge is 0.259 e. The van der Waals surface area contributed by atoms with Crippen molar-refractivity contribution < 1.29 is 18.7 Å². The summed E-state index contributed by atoms with van der Waals surface area (Å²) in [5, 5.41) is 5.57. The van der Waals surface area contributed by atoms with E-state index in [1.54, 1.807) is 13.2 Å². The van der Waals surface area contributed by atoms with Gasteiger partial charge in [-0.3, -0.25) is 14.9 Å². The Morgan fingerprint density at radius 3 is 2.50 bits per heavy atom. The molecule has 136 valence electrons. The molecular formula is C22H14N2O4. The highest BCUT2D eigenvalue weighted by Gasteiger charge is 2.36. The van der Waals surface area contributed by atoms with E-state index in [1.165, 1.54) is 0 Å². The van der Waals surface area contributed by atoms with E-state index in [1.807, 2.05) is 48.0 Å². The third kappa shape index (κ3) is 1.63. The van der Waals surface area contributed by atoms with Gasteiger partial charge in [0.1, 0.15) is 11.3 Å². The molecule has 2 amide bonds. The van der Waals surface area contributed by atoms with Crippen LogP contribution in [0.2, 0.25) is 0 Å². The molecule has 0 saturated heterocycles. The van der Waals surface area contributed by atoms with E-state index in [4.69, 9.17) is 9.15 Å². The molecule has 0 spiro atoms. The zero-order valence-corrected chi connectivity index (χ0v) is 15.1. The highest BCUT2D eigenvalue weighted by molar-refractivity contribution is 6.38. The van der Waals surface area contributed by atoms with Gasteiger partial charge in [-0.05, 0) is 18.2 Å². The third-order valence-corrected chi connectivity index (χ3v) is 5.65. The molecule has 6 heteroatoms. The Kier molecular flexibility index (Phi) is 2.69. The molecule has 2 aromatic heterocycles. The lowest BCUT2D eigenvalue weighted by atomic mass is 9.97. The number of benzene rings is 3. The van der Waals surface area contributed by atoms with Crippen LogP contribution in [0.5, 0.6) is 5.75 Å². The van der Waals surface area contributed by atoms with Gasteiger partial charge in [0.2, 0.25) is 0 Å². The highest BCUT2D eigenvalue weighted by atomic mass is 16.5. The molecule has 0 fully saturated rings. The Morgan fingerprint density at radius 1 is 0.964 bits per heavy atom. The molecule has 1 N–H and O–H groups in total. The average molecular weight is 370 g/mol. The minimum atomic E-state index is -0.390. The summed E-state index contributed by atoms with van der Waals surface area (Å²) in [6.07, 6.45) is 0. The second kappa shape index (κ2) is 4.92. The van der Waals surface area contributed by atoms with Crippen LogP contribution in [0.1, 0.15) is 20.7 Å². The van der Waals surface area contributed by atoms with Crippen molar-refractivity contribution in [2.75, 3.05) is 7.11 Å². The number of hydrogen-bond donors (Lipinski definition) is 1. The van der Waals surface area contributed by atoms with Crippen LogP contribution in [0.3, 0.4) is 0 Å². The lowest BCUT2D eigenvalue weighted by molar-refractivity contribution is 0.0880. The van der Waals surface area contributed by atoms with E-state index in [0.29, 0.717) is 33.4 Å². The molecule has 3 aromatic carbocycles. The Morgan fingerprint density at radius 2 is 1.71 bits per heavy atom. The lowest BCUT2D eigenvalue weighted by Gasteiger charge is -2.03. The zero-order chi connectivity index (χ0) is 19.2. The van der Waals surface area contributed by atoms with Crippen LogP contribution in [0.25, 0.3) is 43.7 Å². The van der Waals surface area contributed by atoms with E-state index < -0.39 is 5.91 Å². The van der Waals surface area contributed by atoms with Crippen molar-refractivity contribution in [3.05, 3.63) is 53.6 Å². The topological polar surface area (TPSA) is 73.5 Å². The number of amides is 2. The number of fused-ring (bicyclic) bond motifs is 10. The number of hydrogen-bond acceptors (Lipinski definition) is 4. The number of aryl methyl sites for hydroxylation is 1. The van der Waals surface area contributed by atoms with Crippen LogP contribution in [0, 0.1) is 0 Å². The van der Waals surface area contributed by atoms with E-state index in [0.717, 1.165) is 27.2 Å². The zero-order valence-electron chi connectivity index (χ0n) is 15.1. The number of nitrogens with zero attached hydrogens (tertiary/aromatic N) is 1. The number of rotatable bonds is 1. The van der Waals surface area contributed by atoms with Crippen LogP contribution in [0.15, 0.2) is 46.9 Å². The highest BCUT2D eigenvalue weighted by Crippen LogP contribution is 2.44. The van der Waals surface area contributed by atoms with Crippen molar-refractivity contribution >= 4 is 55.6 Å². The van der Waals surface area contributed by atoms with Gasteiger partial charge in [-0.25, -0.2) is 0 Å². The first-order valence-electron chi connectivity index (χ1n) is 8.89. The molecule has 5 aromatic rings. The summed E-state index contributed by atoms with van der Waals surface area (Å²) in [6.45, 7) is 0. The predicted molar refractivity (Wildman–Crippen MR) is 106 cm³/mol. The van der Waals surface area contributed by atoms with Gasteiger partial charge in [0.25, 0.3) is 11.8 Å². The Balaban J connectivity index is 1.99. The van der Waals surface area contributed by atoms with Gasteiger partial charge in [-0.2, -0.15) is 0 Å². The molecule has 3 heterocycles. The van der Waals surface area contributed by atoms with Gasteiger partial charge >= 0.3 is 0 Å². The molecule has 0 aliphatic carbocycles. The fourth-order valence-electron chi connectivity index (χ4n) is 4.46. The maximum Gasteiger partial charge on any atom is 0.259 e. The number of ether oxygens (including phenoxy) is 1. The van der Waals surface area contributed by atoms with Gasteiger partial charge in [0.05, 0.1) is 23.8 Å². The van der Waals surface area contributed by atoms with Crippen molar-refractivity contribution in [3.63, 3.8) is 0 Å². The summed E-state index contributed by atoms with van der Waals surface area (Å²) in [7, 11) is 3.54. The fourth-order valence-corrected chi connectivity index (χ4v) is 4.46. The van der Waals surface area contributed by atoms with E-state index in [9.17, 15) is 9.59 Å². The number of para-hydroxylation sites is 1. The number of aromatic nitrogens is 1. The molecule has 0 radical (unpaired) electrons. The summed E-state index contributed by atoms with van der Waals surface area (Å²) in [4.78, 5) is 25.5. The second-order valence-electron chi connectivity index (χ2n) is 7.00. The van der Waals surface area contributed by atoms with Crippen LogP contribution in [-0.4, -0.2) is 23.5 Å². The van der Waals surface area contributed by atoms with Crippen LogP contribution in [0.4, 0.5) is 0 Å². The molecule has 0 bridgehead atoms. The van der Waals surface area contributed by atoms with Crippen molar-refractivity contribution in [2.45, 2.75) is 0 Å². The molecule has 0 saturated carbocycles. The van der Waals surface area contributed by atoms with E-state index >= 15 is 0 Å². The van der Waals surface area contributed by atoms with Gasteiger partial charge in [0.15, 0.2) is 5.58 Å². The normalized spacial score (nSPS) is 13.8. The summed E-state index contributed by atoms with van der Waals surface area (Å²) >= 11 is 0. The monoisotopic (exact) mass is 370 g/mol. The van der Waals surface area contributed by atoms with Crippen molar-refractivity contribution in [3.8, 4) is 5.75 Å². The number of furan rings is 1. The van der Waals surface area contributed by atoms with Gasteiger partial charge in [-0.15, -0.1) is 0 Å². The number of nitrogens with one attached hydrogen (secondary N) is 1. The summed E-state index contributed by atoms with van der Waals surface area (Å²) in [5.74, 6) is -0.0958. The van der Waals surface area contributed by atoms with Gasteiger partial charge in [-0.1, -0.05) is 18.2 Å². The third-order valence-electron chi connectivity index (χ3n) is 5.65. The minimum Gasteiger partial charge on any atom is -0.497 e. The van der Waals surface area contributed by atoms with Crippen LogP contribution < -0.4 is 10.1 Å². The molecule has 6 rings (SSSR count). The summed E-state index contributed by atoms with van der Waals surface area (Å²) in [5.41, 5.74) is 3.78. The first-order chi connectivity index (χ1) is 13.6. The lowest BCUT2D eigenvalue weighted by Crippen LogP contribution is -2.20. The van der Waals surface area contributed by atoms with Gasteiger partial charge < -0.3 is 13.7 Å². The predicted octanol–water partition coefficient (Wildman–Crippen LogP) is 4.12. The Bertz CT molecular complexity index is 1520. The molecule has 0 unspecified atom stereocenters. The van der Waals surface area contributed by atoms with Crippen molar-refractivity contribution in [1.29, 1.82) is 0 Å². The maximum atomic E-state index is 12.8.